The molecule has 30 heavy (non-hydrogen) atoms. The van der Waals surface area contributed by atoms with Gasteiger partial charge in [0.15, 0.2) is 11.5 Å². The van der Waals surface area contributed by atoms with Crippen LogP contribution in [0.5, 0.6) is 0 Å². The van der Waals surface area contributed by atoms with Crippen molar-refractivity contribution in [2.24, 2.45) is 0 Å². The fourth-order valence-electron chi connectivity index (χ4n) is 3.71. The van der Waals surface area contributed by atoms with Crippen LogP contribution < -0.4 is 0 Å². The highest BCUT2D eigenvalue weighted by Gasteiger charge is 2.44. The molecule has 6 nitrogen and oxygen atoms in total. The Hall–Kier alpha value is -3.12. The van der Waals surface area contributed by atoms with Crippen LogP contribution in [0.3, 0.4) is 0 Å². The standard InChI is InChI=1S/C24H28N2O4/c1-3-25(4-2)15-9-16-26-22(20-12-8-17-30-20)21(23(28)24(26)29)19(27)14-13-18-10-6-5-7-11-18/h5-8,10-14,17,22,28H,3-4,9,15-16H2,1-2H3/b14-13+. The summed E-state index contributed by atoms with van der Waals surface area (Å²) in [6.07, 6.45) is 5.31. The van der Waals surface area contributed by atoms with Crippen LogP contribution >= 0.6 is 0 Å². The van der Waals surface area contributed by atoms with Crippen molar-refractivity contribution >= 4 is 17.8 Å². The van der Waals surface area contributed by atoms with E-state index in [2.05, 4.69) is 18.7 Å². The normalized spacial score (nSPS) is 17.0. The van der Waals surface area contributed by atoms with Crippen molar-refractivity contribution in [2.45, 2.75) is 26.3 Å². The predicted molar refractivity (Wildman–Crippen MR) is 116 cm³/mol. The molecule has 1 N–H and O–H groups in total. The fourth-order valence-corrected chi connectivity index (χ4v) is 3.71. The second-order valence-corrected chi connectivity index (χ2v) is 7.17. The van der Waals surface area contributed by atoms with Crippen molar-refractivity contribution in [2.75, 3.05) is 26.2 Å². The maximum atomic E-state index is 13.0. The number of allylic oxidation sites excluding steroid dienone is 1. The first-order chi connectivity index (χ1) is 14.6. The molecular formula is C24H28N2O4. The lowest BCUT2D eigenvalue weighted by Gasteiger charge is -2.26. The Bertz CT molecular complexity index is 912. The lowest BCUT2D eigenvalue weighted by molar-refractivity contribution is -0.129. The van der Waals surface area contributed by atoms with Gasteiger partial charge in [-0.25, -0.2) is 0 Å². The summed E-state index contributed by atoms with van der Waals surface area (Å²) in [5.41, 5.74) is 0.922. The summed E-state index contributed by atoms with van der Waals surface area (Å²) in [6, 6.07) is 12.1. The smallest absolute Gasteiger partial charge is 0.290 e. The summed E-state index contributed by atoms with van der Waals surface area (Å²) in [7, 11) is 0. The lowest BCUT2D eigenvalue weighted by Crippen LogP contribution is -2.34. The molecule has 1 aliphatic heterocycles. The minimum Gasteiger partial charge on any atom is -0.503 e. The molecule has 158 valence electrons. The number of carbonyl (C=O) groups is 2. The maximum absolute atomic E-state index is 13.0. The van der Waals surface area contributed by atoms with Gasteiger partial charge in [0, 0.05) is 6.54 Å². The van der Waals surface area contributed by atoms with Gasteiger partial charge in [-0.15, -0.1) is 0 Å². The Labute approximate surface area is 177 Å². The molecule has 0 aliphatic carbocycles. The monoisotopic (exact) mass is 408 g/mol. The van der Waals surface area contributed by atoms with E-state index < -0.39 is 23.5 Å². The summed E-state index contributed by atoms with van der Waals surface area (Å²) in [6.45, 7) is 7.31. The van der Waals surface area contributed by atoms with Gasteiger partial charge in [0.1, 0.15) is 11.8 Å². The summed E-state index contributed by atoms with van der Waals surface area (Å²) in [5, 5.41) is 10.5. The number of aliphatic hydroxyl groups excluding tert-OH is 1. The molecule has 2 aromatic rings. The molecule has 2 heterocycles. The molecule has 1 aliphatic rings. The molecule has 1 amide bonds. The molecule has 0 radical (unpaired) electrons. The Balaban J connectivity index is 1.83. The van der Waals surface area contributed by atoms with Gasteiger partial charge in [-0.05, 0) is 49.8 Å². The Morgan fingerprint density at radius 3 is 2.53 bits per heavy atom. The van der Waals surface area contributed by atoms with Crippen molar-refractivity contribution in [3.05, 3.63) is 77.5 Å². The first-order valence-corrected chi connectivity index (χ1v) is 10.3. The number of furan rings is 1. The van der Waals surface area contributed by atoms with Crippen molar-refractivity contribution in [3.8, 4) is 0 Å². The second kappa shape index (κ2) is 10.1. The van der Waals surface area contributed by atoms with Crippen LogP contribution in [0.2, 0.25) is 0 Å². The highest BCUT2D eigenvalue weighted by atomic mass is 16.3. The van der Waals surface area contributed by atoms with E-state index in [0.29, 0.717) is 12.3 Å². The number of amides is 1. The zero-order valence-corrected chi connectivity index (χ0v) is 17.5. The molecular weight excluding hydrogens is 380 g/mol. The summed E-state index contributed by atoms with van der Waals surface area (Å²) in [4.78, 5) is 29.6. The van der Waals surface area contributed by atoms with Crippen LogP contribution in [0.4, 0.5) is 0 Å². The van der Waals surface area contributed by atoms with E-state index in [1.807, 2.05) is 30.3 Å². The second-order valence-electron chi connectivity index (χ2n) is 7.17. The van der Waals surface area contributed by atoms with E-state index in [4.69, 9.17) is 4.42 Å². The van der Waals surface area contributed by atoms with Gasteiger partial charge in [0.25, 0.3) is 5.91 Å². The largest absolute Gasteiger partial charge is 0.503 e. The van der Waals surface area contributed by atoms with Crippen LogP contribution in [0.15, 0.2) is 70.6 Å². The molecule has 0 saturated heterocycles. The molecule has 0 saturated carbocycles. The predicted octanol–water partition coefficient (Wildman–Crippen LogP) is 3.99. The van der Waals surface area contributed by atoms with Gasteiger partial charge in [-0.2, -0.15) is 0 Å². The molecule has 1 aromatic heterocycles. The van der Waals surface area contributed by atoms with Crippen LogP contribution in [0.1, 0.15) is 37.6 Å². The van der Waals surface area contributed by atoms with Gasteiger partial charge in [0.05, 0.1) is 11.8 Å². The molecule has 0 spiro atoms. The first kappa shape index (κ1) is 21.6. The van der Waals surface area contributed by atoms with Gasteiger partial charge < -0.3 is 19.3 Å². The third-order valence-electron chi connectivity index (χ3n) is 5.38. The number of nitrogens with zero attached hydrogens (tertiary/aromatic N) is 2. The Morgan fingerprint density at radius 1 is 1.17 bits per heavy atom. The number of carbonyl (C=O) groups excluding carboxylic acids is 2. The molecule has 1 unspecified atom stereocenters. The quantitative estimate of drug-likeness (QED) is 0.602. The zero-order chi connectivity index (χ0) is 21.5. The topological polar surface area (TPSA) is 74.0 Å². The number of rotatable bonds is 10. The number of hydrogen-bond donors (Lipinski definition) is 1. The van der Waals surface area contributed by atoms with E-state index in [9.17, 15) is 14.7 Å². The van der Waals surface area contributed by atoms with Crippen molar-refractivity contribution in [1.29, 1.82) is 0 Å². The first-order valence-electron chi connectivity index (χ1n) is 10.3. The minimum absolute atomic E-state index is 0.0602. The summed E-state index contributed by atoms with van der Waals surface area (Å²) < 4.78 is 5.53. The van der Waals surface area contributed by atoms with E-state index >= 15 is 0 Å². The number of benzene rings is 1. The highest BCUT2D eigenvalue weighted by Crippen LogP contribution is 2.38. The van der Waals surface area contributed by atoms with Crippen LogP contribution in [-0.4, -0.2) is 52.8 Å². The number of hydrogen-bond acceptors (Lipinski definition) is 5. The molecule has 3 rings (SSSR count). The lowest BCUT2D eigenvalue weighted by atomic mass is 10.00. The Kier molecular flexibility index (Phi) is 7.25. The highest BCUT2D eigenvalue weighted by molar-refractivity contribution is 6.14. The number of aliphatic hydroxyl groups is 1. The van der Waals surface area contributed by atoms with E-state index in [1.54, 1.807) is 18.2 Å². The molecule has 1 aromatic carbocycles. The third kappa shape index (κ3) is 4.71. The molecule has 6 heteroatoms. The van der Waals surface area contributed by atoms with Gasteiger partial charge >= 0.3 is 0 Å². The van der Waals surface area contributed by atoms with E-state index in [1.165, 1.54) is 17.2 Å². The summed E-state index contributed by atoms with van der Waals surface area (Å²) >= 11 is 0. The molecule has 1 atom stereocenters. The van der Waals surface area contributed by atoms with Crippen molar-refractivity contribution in [3.63, 3.8) is 0 Å². The van der Waals surface area contributed by atoms with Crippen LogP contribution in [-0.2, 0) is 9.59 Å². The molecule has 0 fully saturated rings. The molecule has 0 bridgehead atoms. The van der Waals surface area contributed by atoms with E-state index in [0.717, 1.165) is 31.6 Å². The van der Waals surface area contributed by atoms with Crippen LogP contribution in [0, 0.1) is 0 Å². The fraction of sp³-hybridized carbons (Fsp3) is 0.333. The minimum atomic E-state index is -0.725. The van der Waals surface area contributed by atoms with Gasteiger partial charge in [-0.1, -0.05) is 50.3 Å². The maximum Gasteiger partial charge on any atom is 0.290 e. The van der Waals surface area contributed by atoms with Crippen molar-refractivity contribution < 1.29 is 19.1 Å². The zero-order valence-electron chi connectivity index (χ0n) is 17.5. The number of ketones is 1. The van der Waals surface area contributed by atoms with Crippen LogP contribution in [0.25, 0.3) is 6.08 Å². The summed E-state index contributed by atoms with van der Waals surface area (Å²) in [5.74, 6) is -0.974. The van der Waals surface area contributed by atoms with Gasteiger partial charge in [0.2, 0.25) is 0 Å². The van der Waals surface area contributed by atoms with E-state index in [-0.39, 0.29) is 5.57 Å². The SMILES string of the molecule is CCN(CC)CCCN1C(=O)C(O)=C(C(=O)/C=C/c2ccccc2)C1c1ccco1. The average molecular weight is 408 g/mol. The average Bonchev–Trinajstić information content (AvgIpc) is 3.38. The third-order valence-corrected chi connectivity index (χ3v) is 5.38. The van der Waals surface area contributed by atoms with Gasteiger partial charge in [-0.3, -0.25) is 9.59 Å². The Morgan fingerprint density at radius 2 is 1.90 bits per heavy atom. The van der Waals surface area contributed by atoms with Crippen molar-refractivity contribution in [1.82, 2.24) is 9.80 Å².